The maximum atomic E-state index is 5.99. The molecule has 0 atom stereocenters. The van der Waals surface area contributed by atoms with Gasteiger partial charge in [-0.25, -0.2) is 4.98 Å². The van der Waals surface area contributed by atoms with Crippen LogP contribution in [0, 0.1) is 6.92 Å². The van der Waals surface area contributed by atoms with Gasteiger partial charge in [-0.2, -0.15) is 10.1 Å². The standard InChI is InChI=1S/C24H24ClN5O2/c1-16-12-20(28-30(16)14-17-8-11-26-21(25)13-17)23-27-22(29-32-23)18-4-6-19(7-5-18)24(15-31-2)9-3-10-24/h4-8,11-13H,3,9-10,14-15H2,1-2H3. The van der Waals surface area contributed by atoms with Gasteiger partial charge in [0.15, 0.2) is 5.69 Å². The van der Waals surface area contributed by atoms with Gasteiger partial charge in [0.25, 0.3) is 5.89 Å². The lowest BCUT2D eigenvalue weighted by molar-refractivity contribution is 0.0792. The fourth-order valence-electron chi connectivity index (χ4n) is 4.30. The zero-order valence-corrected chi connectivity index (χ0v) is 18.8. The highest BCUT2D eigenvalue weighted by molar-refractivity contribution is 6.29. The molecule has 0 bridgehead atoms. The SMILES string of the molecule is COCC1(c2ccc(-c3noc(-c4cc(C)n(Cc5ccnc(Cl)c5)n4)n3)cc2)CCC1. The Labute approximate surface area is 191 Å². The largest absolute Gasteiger partial charge is 0.384 e. The van der Waals surface area contributed by atoms with E-state index in [4.69, 9.17) is 20.9 Å². The van der Waals surface area contributed by atoms with Crippen LogP contribution in [0.4, 0.5) is 0 Å². The second kappa shape index (κ2) is 8.48. The number of rotatable bonds is 7. The van der Waals surface area contributed by atoms with Crippen molar-refractivity contribution in [2.24, 2.45) is 0 Å². The van der Waals surface area contributed by atoms with Gasteiger partial charge in [-0.1, -0.05) is 47.4 Å². The van der Waals surface area contributed by atoms with Gasteiger partial charge in [-0.05, 0) is 49.1 Å². The molecule has 0 saturated heterocycles. The summed E-state index contributed by atoms with van der Waals surface area (Å²) < 4.78 is 12.9. The molecule has 0 spiro atoms. The molecule has 0 aliphatic heterocycles. The number of benzene rings is 1. The summed E-state index contributed by atoms with van der Waals surface area (Å²) in [6.45, 7) is 3.33. The quantitative estimate of drug-likeness (QED) is 0.366. The van der Waals surface area contributed by atoms with Crippen LogP contribution in [-0.4, -0.2) is 38.6 Å². The Morgan fingerprint density at radius 1 is 1.16 bits per heavy atom. The minimum Gasteiger partial charge on any atom is -0.384 e. The summed E-state index contributed by atoms with van der Waals surface area (Å²) in [6, 6.07) is 14.1. The number of nitrogens with zero attached hydrogens (tertiary/aromatic N) is 5. The van der Waals surface area contributed by atoms with Gasteiger partial charge in [0.1, 0.15) is 5.15 Å². The highest BCUT2D eigenvalue weighted by Gasteiger charge is 2.38. The van der Waals surface area contributed by atoms with Crippen molar-refractivity contribution in [3.63, 3.8) is 0 Å². The predicted octanol–water partition coefficient (Wildman–Crippen LogP) is 5.07. The van der Waals surface area contributed by atoms with Crippen LogP contribution < -0.4 is 0 Å². The van der Waals surface area contributed by atoms with Crippen LogP contribution in [0.15, 0.2) is 53.2 Å². The first-order valence-electron chi connectivity index (χ1n) is 10.7. The number of aromatic nitrogens is 5. The van der Waals surface area contributed by atoms with E-state index in [0.717, 1.165) is 23.4 Å². The molecular formula is C24H24ClN5O2. The van der Waals surface area contributed by atoms with Gasteiger partial charge in [0, 0.05) is 30.0 Å². The monoisotopic (exact) mass is 449 g/mol. The fraction of sp³-hybridized carbons (Fsp3) is 0.333. The number of halogens is 1. The molecule has 0 unspecified atom stereocenters. The summed E-state index contributed by atoms with van der Waals surface area (Å²) in [6.07, 6.45) is 5.27. The third kappa shape index (κ3) is 3.94. The third-order valence-corrected chi connectivity index (χ3v) is 6.44. The maximum Gasteiger partial charge on any atom is 0.278 e. The van der Waals surface area contributed by atoms with E-state index in [2.05, 4.69) is 44.5 Å². The topological polar surface area (TPSA) is 78.9 Å². The smallest absolute Gasteiger partial charge is 0.278 e. The minimum atomic E-state index is 0.152. The van der Waals surface area contributed by atoms with Crippen molar-refractivity contribution >= 4 is 11.6 Å². The molecular weight excluding hydrogens is 426 g/mol. The van der Waals surface area contributed by atoms with Gasteiger partial charge >= 0.3 is 0 Å². The number of hydrogen-bond donors (Lipinski definition) is 0. The van der Waals surface area contributed by atoms with Crippen molar-refractivity contribution in [2.45, 2.75) is 38.1 Å². The lowest BCUT2D eigenvalue weighted by atomic mass is 9.65. The molecule has 3 aromatic heterocycles. The van der Waals surface area contributed by atoms with E-state index in [-0.39, 0.29) is 5.41 Å². The van der Waals surface area contributed by atoms with E-state index >= 15 is 0 Å². The molecule has 3 heterocycles. The molecule has 0 amide bonds. The molecule has 1 aliphatic rings. The third-order valence-electron chi connectivity index (χ3n) is 6.24. The number of aryl methyl sites for hydroxylation is 1. The van der Waals surface area contributed by atoms with Crippen LogP contribution in [0.25, 0.3) is 23.0 Å². The van der Waals surface area contributed by atoms with E-state index in [1.165, 1.54) is 24.8 Å². The predicted molar refractivity (Wildman–Crippen MR) is 121 cm³/mol. The Kier molecular flexibility index (Phi) is 5.53. The van der Waals surface area contributed by atoms with E-state index in [1.54, 1.807) is 13.3 Å². The molecule has 8 heteroatoms. The molecule has 1 saturated carbocycles. The zero-order valence-electron chi connectivity index (χ0n) is 18.1. The normalized spacial score (nSPS) is 15.0. The summed E-state index contributed by atoms with van der Waals surface area (Å²) in [7, 11) is 1.77. The molecule has 1 aromatic carbocycles. The number of methoxy groups -OCH3 is 1. The highest BCUT2D eigenvalue weighted by Crippen LogP contribution is 2.44. The molecule has 4 aromatic rings. The van der Waals surface area contributed by atoms with Crippen molar-refractivity contribution in [3.05, 3.63) is 70.6 Å². The van der Waals surface area contributed by atoms with Crippen LogP contribution in [0.3, 0.4) is 0 Å². The van der Waals surface area contributed by atoms with E-state index in [1.807, 2.05) is 29.8 Å². The summed E-state index contributed by atoms with van der Waals surface area (Å²) in [4.78, 5) is 8.60. The van der Waals surface area contributed by atoms with Gasteiger partial charge < -0.3 is 9.26 Å². The second-order valence-electron chi connectivity index (χ2n) is 8.38. The first-order valence-corrected chi connectivity index (χ1v) is 11.0. The van der Waals surface area contributed by atoms with Crippen molar-refractivity contribution in [1.29, 1.82) is 0 Å². The molecule has 32 heavy (non-hydrogen) atoms. The lowest BCUT2D eigenvalue weighted by Crippen LogP contribution is -2.38. The summed E-state index contributed by atoms with van der Waals surface area (Å²) >= 11 is 5.99. The minimum absolute atomic E-state index is 0.152. The van der Waals surface area contributed by atoms with Crippen LogP contribution >= 0.6 is 11.6 Å². The Balaban J connectivity index is 1.35. The molecule has 164 valence electrons. The average Bonchev–Trinajstić information content (AvgIpc) is 3.38. The first kappa shape index (κ1) is 20.8. The van der Waals surface area contributed by atoms with Crippen LogP contribution in [0.2, 0.25) is 5.15 Å². The van der Waals surface area contributed by atoms with Gasteiger partial charge in [0.2, 0.25) is 5.82 Å². The zero-order chi connectivity index (χ0) is 22.1. The van der Waals surface area contributed by atoms with E-state index in [9.17, 15) is 0 Å². The van der Waals surface area contributed by atoms with Gasteiger partial charge in [-0.3, -0.25) is 4.68 Å². The Morgan fingerprint density at radius 2 is 1.97 bits per heavy atom. The van der Waals surface area contributed by atoms with Crippen molar-refractivity contribution in [3.8, 4) is 23.0 Å². The van der Waals surface area contributed by atoms with Crippen molar-refractivity contribution in [2.75, 3.05) is 13.7 Å². The number of hydrogen-bond acceptors (Lipinski definition) is 6. The average molecular weight is 450 g/mol. The van der Waals surface area contributed by atoms with Crippen LogP contribution in [0.1, 0.15) is 36.1 Å². The highest BCUT2D eigenvalue weighted by atomic mass is 35.5. The van der Waals surface area contributed by atoms with E-state index in [0.29, 0.717) is 29.1 Å². The maximum absolute atomic E-state index is 5.99. The Bertz CT molecular complexity index is 1230. The molecule has 0 radical (unpaired) electrons. The van der Waals surface area contributed by atoms with Gasteiger partial charge in [-0.15, -0.1) is 0 Å². The Hall–Kier alpha value is -3.03. The lowest BCUT2D eigenvalue weighted by Gasteiger charge is -2.42. The van der Waals surface area contributed by atoms with Crippen LogP contribution in [0.5, 0.6) is 0 Å². The second-order valence-corrected chi connectivity index (χ2v) is 8.77. The molecule has 1 aliphatic carbocycles. The van der Waals surface area contributed by atoms with Gasteiger partial charge in [0.05, 0.1) is 13.2 Å². The summed E-state index contributed by atoms with van der Waals surface area (Å²) in [5.41, 5.74) is 5.03. The first-order chi connectivity index (χ1) is 15.6. The molecule has 0 N–H and O–H groups in total. The summed E-state index contributed by atoms with van der Waals surface area (Å²) in [5, 5.41) is 9.28. The van der Waals surface area contributed by atoms with Crippen molar-refractivity contribution < 1.29 is 9.26 Å². The molecule has 5 rings (SSSR count). The van der Waals surface area contributed by atoms with Crippen LogP contribution in [-0.2, 0) is 16.7 Å². The van der Waals surface area contributed by atoms with E-state index < -0.39 is 0 Å². The summed E-state index contributed by atoms with van der Waals surface area (Å²) in [5.74, 6) is 0.947. The molecule has 1 fully saturated rings. The number of ether oxygens (including phenoxy) is 1. The molecule has 7 nitrogen and oxygen atoms in total. The number of pyridine rings is 1. The Morgan fingerprint density at radius 3 is 2.66 bits per heavy atom. The fourth-order valence-corrected chi connectivity index (χ4v) is 4.50. The van der Waals surface area contributed by atoms with Crippen molar-refractivity contribution in [1.82, 2.24) is 24.9 Å².